The lowest BCUT2D eigenvalue weighted by molar-refractivity contribution is 0.431. The lowest BCUT2D eigenvalue weighted by Gasteiger charge is -2.39. The average molecular weight is 609 g/mol. The molecule has 0 spiro atoms. The maximum Gasteiger partial charge on any atom is 0.261 e. The van der Waals surface area contributed by atoms with Crippen LogP contribution in [0, 0.1) is 0 Å². The highest BCUT2D eigenvalue weighted by atomic mass is 35.7. The van der Waals surface area contributed by atoms with Gasteiger partial charge in [-0.05, 0) is 85.0 Å². The van der Waals surface area contributed by atoms with Crippen LogP contribution in [0.3, 0.4) is 0 Å². The number of rotatable bonds is 3. The molecule has 1 unspecified atom stereocenters. The molecule has 1 atom stereocenters. The Bertz CT molecular complexity index is 1950. The van der Waals surface area contributed by atoms with Crippen molar-refractivity contribution in [2.24, 2.45) is 0 Å². The van der Waals surface area contributed by atoms with Crippen molar-refractivity contribution in [2.75, 3.05) is 31.1 Å². The lowest BCUT2D eigenvalue weighted by atomic mass is 9.82. The number of hydrogen-bond donors (Lipinski definition) is 0. The second-order valence-corrected chi connectivity index (χ2v) is 15.2. The van der Waals surface area contributed by atoms with Crippen LogP contribution in [0.2, 0.25) is 0 Å². The standard InChI is InChI=1S/C31H29ClN2O5S2/c32-41(37,38)20-9-10-21(26(17-20)40(35)36)27-24-15-18-5-1-11-33-13-3-7-22(28(18)33)30(24)39-31-23-8-4-14-34-12-2-6-19(29(23)34)16-25(27)31/h9-10,15-17H,1-8,11-14H2. The van der Waals surface area contributed by atoms with Crippen molar-refractivity contribution in [3.05, 3.63) is 74.3 Å². The first-order valence-corrected chi connectivity index (χ1v) is 17.8. The Morgan fingerprint density at radius 2 is 1.61 bits per heavy atom. The zero-order valence-electron chi connectivity index (χ0n) is 22.5. The van der Waals surface area contributed by atoms with Gasteiger partial charge in [0.25, 0.3) is 9.05 Å². The minimum Gasteiger partial charge on any atom is -0.768 e. The van der Waals surface area contributed by atoms with Crippen molar-refractivity contribution < 1.29 is 21.9 Å². The smallest absolute Gasteiger partial charge is 0.261 e. The molecule has 0 saturated heterocycles. The molecule has 3 aromatic carbocycles. The van der Waals surface area contributed by atoms with Crippen LogP contribution in [0.4, 0.5) is 5.69 Å². The number of anilines is 1. The van der Waals surface area contributed by atoms with Gasteiger partial charge in [-0.25, -0.2) is 13.0 Å². The lowest BCUT2D eigenvalue weighted by Crippen LogP contribution is -2.45. The van der Waals surface area contributed by atoms with Gasteiger partial charge in [-0.3, -0.25) is 4.21 Å². The van der Waals surface area contributed by atoms with Crippen LogP contribution in [-0.4, -0.2) is 43.4 Å². The summed E-state index contributed by atoms with van der Waals surface area (Å²) in [4.78, 5) is 2.16. The van der Waals surface area contributed by atoms with Crippen LogP contribution >= 0.6 is 10.7 Å². The zero-order chi connectivity index (χ0) is 28.0. The number of halogens is 1. The van der Waals surface area contributed by atoms with Gasteiger partial charge < -0.3 is 14.2 Å². The van der Waals surface area contributed by atoms with Crippen molar-refractivity contribution in [1.29, 1.82) is 0 Å². The third-order valence-corrected chi connectivity index (χ3v) is 11.4. The molecule has 5 aliphatic rings. The van der Waals surface area contributed by atoms with Gasteiger partial charge >= 0.3 is 0 Å². The third kappa shape index (κ3) is 3.96. The SMILES string of the molecule is O=S([O-])c1cc(S(=O)(=O)Cl)ccc1C1=c2cc3c4c(c2Oc2c1cc1c5c2CCCN5CCC1)CCC[N+]=4CCC3. The summed E-state index contributed by atoms with van der Waals surface area (Å²) in [6, 6.07) is 8.58. The number of benzene rings is 3. The predicted octanol–water partition coefficient (Wildman–Crippen LogP) is 3.29. The maximum atomic E-state index is 12.7. The second-order valence-electron chi connectivity index (χ2n) is 11.7. The Kier molecular flexibility index (Phi) is 5.94. The van der Waals surface area contributed by atoms with Crippen LogP contribution < -0.4 is 24.8 Å². The molecule has 41 heavy (non-hydrogen) atoms. The molecule has 5 aliphatic heterocycles. The van der Waals surface area contributed by atoms with Gasteiger partial charge in [0, 0.05) is 74.7 Å². The first-order valence-electron chi connectivity index (χ1n) is 14.4. The average Bonchev–Trinajstić information content (AvgIpc) is 2.96. The first-order chi connectivity index (χ1) is 19.8. The molecular weight excluding hydrogens is 580 g/mol. The van der Waals surface area contributed by atoms with Crippen LogP contribution in [-0.2, 0) is 45.8 Å². The molecule has 0 aliphatic carbocycles. The molecule has 3 aromatic rings. The Morgan fingerprint density at radius 3 is 2.39 bits per heavy atom. The molecule has 0 fully saturated rings. The van der Waals surface area contributed by atoms with Crippen molar-refractivity contribution in [1.82, 2.24) is 4.58 Å². The van der Waals surface area contributed by atoms with Gasteiger partial charge in [-0.1, -0.05) is 6.07 Å². The van der Waals surface area contributed by atoms with Gasteiger partial charge in [0.15, 0.2) is 0 Å². The summed E-state index contributed by atoms with van der Waals surface area (Å²) in [6.45, 7) is 4.14. The van der Waals surface area contributed by atoms with E-state index in [9.17, 15) is 17.2 Å². The fourth-order valence-electron chi connectivity index (χ4n) is 7.80. The number of aryl methyl sites for hydroxylation is 2. The minimum atomic E-state index is -4.12. The molecule has 10 heteroatoms. The molecule has 0 saturated carbocycles. The fraction of sp³-hybridized carbons (Fsp3) is 0.387. The van der Waals surface area contributed by atoms with Gasteiger partial charge in [-0.2, -0.15) is 0 Å². The minimum absolute atomic E-state index is 0.0819. The Hall–Kier alpha value is -2.72. The highest BCUT2D eigenvalue weighted by Crippen LogP contribution is 2.49. The normalized spacial score (nSPS) is 19.5. The molecule has 5 heterocycles. The van der Waals surface area contributed by atoms with E-state index >= 15 is 0 Å². The molecule has 8 rings (SSSR count). The Labute approximate surface area is 245 Å². The monoisotopic (exact) mass is 608 g/mol. The number of ether oxygens (including phenoxy) is 1. The molecule has 0 amide bonds. The predicted molar refractivity (Wildman–Crippen MR) is 157 cm³/mol. The van der Waals surface area contributed by atoms with E-state index in [1.165, 1.54) is 45.4 Å². The second kappa shape index (κ2) is 9.39. The van der Waals surface area contributed by atoms with Crippen molar-refractivity contribution in [2.45, 2.75) is 61.2 Å². The summed E-state index contributed by atoms with van der Waals surface area (Å²) in [7, 11) is 1.53. The molecule has 0 bridgehead atoms. The van der Waals surface area contributed by atoms with Crippen molar-refractivity contribution in [3.8, 4) is 11.5 Å². The van der Waals surface area contributed by atoms with Gasteiger partial charge in [0.2, 0.25) is 5.36 Å². The van der Waals surface area contributed by atoms with Crippen LogP contribution in [0.25, 0.3) is 5.57 Å². The van der Waals surface area contributed by atoms with E-state index in [-0.39, 0.29) is 9.79 Å². The molecular formula is C31H29ClN2O5S2. The molecule has 7 nitrogen and oxygen atoms in total. The van der Waals surface area contributed by atoms with Crippen molar-refractivity contribution in [3.63, 3.8) is 0 Å². The summed E-state index contributed by atoms with van der Waals surface area (Å²) in [5, 5.41) is 2.17. The van der Waals surface area contributed by atoms with Crippen LogP contribution in [0.1, 0.15) is 59.1 Å². The molecule has 0 N–H and O–H groups in total. The number of nitrogens with zero attached hydrogens (tertiary/aromatic N) is 2. The van der Waals surface area contributed by atoms with E-state index in [1.54, 1.807) is 6.07 Å². The first kappa shape index (κ1) is 25.9. The van der Waals surface area contributed by atoms with Crippen LogP contribution in [0.15, 0.2) is 40.1 Å². The van der Waals surface area contributed by atoms with E-state index in [4.69, 9.17) is 15.4 Å². The molecule has 0 aromatic heterocycles. The summed E-state index contributed by atoms with van der Waals surface area (Å²) >= 11 is -2.70. The summed E-state index contributed by atoms with van der Waals surface area (Å²) < 4.78 is 59.2. The van der Waals surface area contributed by atoms with E-state index in [2.05, 4.69) is 21.6 Å². The van der Waals surface area contributed by atoms with E-state index < -0.39 is 20.1 Å². The summed E-state index contributed by atoms with van der Waals surface area (Å²) in [5.74, 6) is 1.64. The van der Waals surface area contributed by atoms with Gasteiger partial charge in [0.1, 0.15) is 24.6 Å². The largest absolute Gasteiger partial charge is 0.768 e. The van der Waals surface area contributed by atoms with Crippen molar-refractivity contribution >= 4 is 42.1 Å². The highest BCUT2D eigenvalue weighted by Gasteiger charge is 2.36. The van der Waals surface area contributed by atoms with Gasteiger partial charge in [0.05, 0.1) is 10.5 Å². The summed E-state index contributed by atoms with van der Waals surface area (Å²) in [5.41, 5.74) is 8.38. The fourth-order valence-corrected chi connectivity index (χ4v) is 9.23. The molecule has 0 radical (unpaired) electrons. The Morgan fingerprint density at radius 1 is 0.878 bits per heavy atom. The summed E-state index contributed by atoms with van der Waals surface area (Å²) in [6.07, 6.45) is 7.95. The van der Waals surface area contributed by atoms with E-state index in [1.807, 2.05) is 0 Å². The highest BCUT2D eigenvalue weighted by molar-refractivity contribution is 8.13. The van der Waals surface area contributed by atoms with E-state index in [0.717, 1.165) is 105 Å². The third-order valence-electron chi connectivity index (χ3n) is 9.37. The quantitative estimate of drug-likeness (QED) is 0.201. The zero-order valence-corrected chi connectivity index (χ0v) is 24.9. The number of fused-ring (bicyclic) bond motifs is 4. The Balaban J connectivity index is 1.53. The topological polar surface area (TPSA) is 89.8 Å². The maximum absolute atomic E-state index is 12.7. The number of hydrogen-bond acceptors (Lipinski definition) is 6. The van der Waals surface area contributed by atoms with Crippen LogP contribution in [0.5, 0.6) is 11.5 Å². The molecule has 212 valence electrons. The van der Waals surface area contributed by atoms with Gasteiger partial charge in [-0.15, -0.1) is 0 Å². The van der Waals surface area contributed by atoms with E-state index in [0.29, 0.717) is 5.56 Å².